The summed E-state index contributed by atoms with van der Waals surface area (Å²) in [7, 11) is 0. The van der Waals surface area contributed by atoms with E-state index in [4.69, 9.17) is 24.1 Å². The highest BCUT2D eigenvalue weighted by Gasteiger charge is 2.38. The number of alkyl halides is 3. The predicted molar refractivity (Wildman–Crippen MR) is 115 cm³/mol. The van der Waals surface area contributed by atoms with E-state index in [1.54, 1.807) is 0 Å². The average Bonchev–Trinajstić information content (AvgIpc) is 3.45. The Hall–Kier alpha value is -2.46. The fourth-order valence-corrected chi connectivity index (χ4v) is 4.36. The fraction of sp³-hybridized carbons (Fsp3) is 0.609. The number of carboxylic acids is 1. The van der Waals surface area contributed by atoms with Crippen LogP contribution in [0.3, 0.4) is 0 Å². The van der Waals surface area contributed by atoms with Crippen LogP contribution in [-0.4, -0.2) is 58.6 Å². The first-order valence-corrected chi connectivity index (χ1v) is 11.3. The van der Waals surface area contributed by atoms with Crippen molar-refractivity contribution in [2.75, 3.05) is 26.3 Å². The minimum Gasteiger partial charge on any atom is -0.475 e. The summed E-state index contributed by atoms with van der Waals surface area (Å²) in [5, 5.41) is 11.4. The third-order valence-corrected chi connectivity index (χ3v) is 6.04. The molecule has 1 saturated heterocycles. The van der Waals surface area contributed by atoms with Crippen LogP contribution < -0.4 is 0 Å². The first-order valence-electron chi connectivity index (χ1n) is 11.3. The summed E-state index contributed by atoms with van der Waals surface area (Å²) < 4.78 is 42.8. The second-order valence-electron chi connectivity index (χ2n) is 8.43. The number of nitrogens with zero attached hydrogens (tertiary/aromatic N) is 3. The van der Waals surface area contributed by atoms with Gasteiger partial charge in [0.15, 0.2) is 0 Å². The molecule has 1 N–H and O–H groups in total. The quantitative estimate of drug-likeness (QED) is 0.645. The predicted octanol–water partition coefficient (Wildman–Crippen LogP) is 4.89. The molecule has 2 unspecified atom stereocenters. The smallest absolute Gasteiger partial charge is 0.475 e. The third kappa shape index (κ3) is 7.26. The number of hydrogen-bond donors (Lipinski definition) is 1. The average molecular weight is 470 g/mol. The normalized spacial score (nSPS) is 21.5. The van der Waals surface area contributed by atoms with Crippen LogP contribution in [0.15, 0.2) is 28.8 Å². The van der Waals surface area contributed by atoms with Gasteiger partial charge in [-0.1, -0.05) is 49.2 Å². The lowest BCUT2D eigenvalue weighted by atomic mass is 9.92. The Morgan fingerprint density at radius 1 is 1.18 bits per heavy atom. The van der Waals surface area contributed by atoms with Gasteiger partial charge in [0.2, 0.25) is 11.7 Å². The molecule has 2 heterocycles. The molecule has 2 aliphatic rings. The van der Waals surface area contributed by atoms with Crippen LogP contribution in [0.1, 0.15) is 56.4 Å². The first kappa shape index (κ1) is 25.2. The second kappa shape index (κ2) is 11.6. The Kier molecular flexibility index (Phi) is 8.85. The van der Waals surface area contributed by atoms with Crippen molar-refractivity contribution in [2.24, 2.45) is 5.92 Å². The van der Waals surface area contributed by atoms with Gasteiger partial charge in [-0.15, -0.1) is 0 Å². The number of hydrogen-bond acceptors (Lipinski definition) is 6. The van der Waals surface area contributed by atoms with Crippen molar-refractivity contribution in [1.82, 2.24) is 15.0 Å². The van der Waals surface area contributed by atoms with Gasteiger partial charge in [0.1, 0.15) is 0 Å². The van der Waals surface area contributed by atoms with E-state index < -0.39 is 12.1 Å². The van der Waals surface area contributed by atoms with E-state index in [-0.39, 0.29) is 0 Å². The lowest BCUT2D eigenvalue weighted by Crippen LogP contribution is -2.35. The number of halogens is 3. The molecule has 0 bridgehead atoms. The number of aromatic nitrogens is 2. The number of carboxylic acid groups (broad SMARTS) is 1. The van der Waals surface area contributed by atoms with Crippen molar-refractivity contribution in [3.8, 4) is 11.4 Å². The zero-order chi connectivity index (χ0) is 23.8. The largest absolute Gasteiger partial charge is 0.490 e. The van der Waals surface area contributed by atoms with Crippen molar-refractivity contribution < 1.29 is 32.3 Å². The molecule has 1 aromatic carbocycles. The monoisotopic (exact) mass is 469 g/mol. The van der Waals surface area contributed by atoms with Crippen molar-refractivity contribution in [1.29, 1.82) is 0 Å². The standard InChI is InChI=1S/C21H29N3O2.C2HF3O2/c1-2-4-17-5-3-6-19(17)21-22-20(23-26-21)18-9-7-16(8-10-18)15-24-11-13-25-14-12-24;3-2(4,5)1(6)7/h7-10,17,19H,2-6,11-15H2,1H3;(H,6,7). The SMILES string of the molecule is CCCC1CCCC1c1nc(-c2ccc(CN3CCOCC3)cc2)no1.O=C(O)C(F)(F)F. The summed E-state index contributed by atoms with van der Waals surface area (Å²) in [5.74, 6) is -0.0260. The van der Waals surface area contributed by atoms with Gasteiger partial charge in [0, 0.05) is 31.1 Å². The molecule has 182 valence electrons. The molecule has 1 saturated carbocycles. The zero-order valence-electron chi connectivity index (χ0n) is 18.7. The molecule has 7 nitrogen and oxygen atoms in total. The Balaban J connectivity index is 0.000000383. The minimum atomic E-state index is -5.08. The first-order chi connectivity index (χ1) is 15.8. The summed E-state index contributed by atoms with van der Waals surface area (Å²) in [6, 6.07) is 8.58. The number of rotatable bonds is 6. The highest BCUT2D eigenvalue weighted by molar-refractivity contribution is 5.73. The number of carbonyl (C=O) groups is 1. The van der Waals surface area contributed by atoms with E-state index in [1.165, 1.54) is 37.7 Å². The Bertz CT molecular complexity index is 880. The number of morpholine rings is 1. The molecule has 2 atom stereocenters. The Morgan fingerprint density at radius 2 is 1.85 bits per heavy atom. The topological polar surface area (TPSA) is 88.7 Å². The van der Waals surface area contributed by atoms with E-state index >= 15 is 0 Å². The van der Waals surface area contributed by atoms with Crippen LogP contribution in [-0.2, 0) is 16.1 Å². The van der Waals surface area contributed by atoms with Crippen molar-refractivity contribution >= 4 is 5.97 Å². The van der Waals surface area contributed by atoms with Crippen molar-refractivity contribution in [2.45, 2.75) is 57.7 Å². The minimum absolute atomic E-state index is 0.455. The maximum Gasteiger partial charge on any atom is 0.490 e. The van der Waals surface area contributed by atoms with Crippen molar-refractivity contribution in [3.05, 3.63) is 35.7 Å². The highest BCUT2D eigenvalue weighted by Crippen LogP contribution is 2.41. The molecule has 1 aromatic heterocycles. The molecule has 2 aromatic rings. The van der Waals surface area contributed by atoms with Crippen LogP contribution in [0.2, 0.25) is 0 Å². The van der Waals surface area contributed by atoms with E-state index in [0.29, 0.717) is 11.8 Å². The highest BCUT2D eigenvalue weighted by atomic mass is 19.4. The molecule has 2 fully saturated rings. The van der Waals surface area contributed by atoms with Crippen molar-refractivity contribution in [3.63, 3.8) is 0 Å². The summed E-state index contributed by atoms with van der Waals surface area (Å²) in [5.41, 5.74) is 2.36. The second-order valence-corrected chi connectivity index (χ2v) is 8.43. The number of ether oxygens (including phenoxy) is 1. The molecule has 33 heavy (non-hydrogen) atoms. The molecule has 0 amide bonds. The van der Waals surface area contributed by atoms with Gasteiger partial charge in [-0.25, -0.2) is 4.79 Å². The molecule has 10 heteroatoms. The maximum absolute atomic E-state index is 10.6. The fourth-order valence-electron chi connectivity index (χ4n) is 4.36. The van der Waals surface area contributed by atoms with Crippen LogP contribution in [0, 0.1) is 5.92 Å². The van der Waals surface area contributed by atoms with Gasteiger partial charge in [-0.2, -0.15) is 18.2 Å². The zero-order valence-corrected chi connectivity index (χ0v) is 18.7. The number of aliphatic carboxylic acids is 1. The number of benzene rings is 1. The van der Waals surface area contributed by atoms with Gasteiger partial charge < -0.3 is 14.4 Å². The van der Waals surface area contributed by atoms with E-state index in [9.17, 15) is 13.2 Å². The maximum atomic E-state index is 10.6. The van der Waals surface area contributed by atoms with Gasteiger partial charge in [0.25, 0.3) is 0 Å². The van der Waals surface area contributed by atoms with E-state index in [2.05, 4.69) is 41.2 Å². The van der Waals surface area contributed by atoms with Crippen LogP contribution in [0.5, 0.6) is 0 Å². The Morgan fingerprint density at radius 3 is 2.45 bits per heavy atom. The summed E-state index contributed by atoms with van der Waals surface area (Å²) in [6.07, 6.45) is 1.17. The van der Waals surface area contributed by atoms with Crippen LogP contribution in [0.4, 0.5) is 13.2 Å². The van der Waals surface area contributed by atoms with Gasteiger partial charge >= 0.3 is 12.1 Å². The lowest BCUT2D eigenvalue weighted by molar-refractivity contribution is -0.192. The summed E-state index contributed by atoms with van der Waals surface area (Å²) in [4.78, 5) is 16.1. The van der Waals surface area contributed by atoms with E-state index in [1.807, 2.05) is 0 Å². The van der Waals surface area contributed by atoms with E-state index in [0.717, 1.165) is 50.1 Å². The molecule has 1 aliphatic carbocycles. The molecular formula is C23H30F3N3O4. The molecular weight excluding hydrogens is 439 g/mol. The Labute approximate surface area is 190 Å². The van der Waals surface area contributed by atoms with Gasteiger partial charge in [0.05, 0.1) is 13.2 Å². The van der Waals surface area contributed by atoms with Crippen LogP contribution >= 0.6 is 0 Å². The summed E-state index contributed by atoms with van der Waals surface area (Å²) >= 11 is 0. The lowest BCUT2D eigenvalue weighted by Gasteiger charge is -2.26. The van der Waals surface area contributed by atoms with Gasteiger partial charge in [-0.05, 0) is 30.7 Å². The van der Waals surface area contributed by atoms with Crippen LogP contribution in [0.25, 0.3) is 11.4 Å². The third-order valence-electron chi connectivity index (χ3n) is 6.04. The molecule has 4 rings (SSSR count). The summed E-state index contributed by atoms with van der Waals surface area (Å²) in [6.45, 7) is 6.93. The molecule has 1 aliphatic heterocycles. The molecule has 0 radical (unpaired) electrons. The van der Waals surface area contributed by atoms with Gasteiger partial charge in [-0.3, -0.25) is 4.90 Å². The molecule has 0 spiro atoms.